The number of aromatic nitrogens is 2. The van der Waals surface area contributed by atoms with Crippen molar-refractivity contribution in [2.24, 2.45) is 11.6 Å². The first-order valence-corrected chi connectivity index (χ1v) is 10.7. The third kappa shape index (κ3) is 5.50. The zero-order valence-corrected chi connectivity index (χ0v) is 19.4. The molecule has 1 amide bonds. The number of hydrogen-bond acceptors (Lipinski definition) is 8. The number of allylic oxidation sites excluding steroid dienone is 1. The Bertz CT molecular complexity index is 1190. The van der Waals surface area contributed by atoms with Crippen LogP contribution in [0.1, 0.15) is 36.3 Å². The summed E-state index contributed by atoms with van der Waals surface area (Å²) in [6.45, 7) is 6.44. The maximum Gasteiger partial charge on any atom is 0.251 e. The summed E-state index contributed by atoms with van der Waals surface area (Å²) < 4.78 is 11.3. The van der Waals surface area contributed by atoms with Gasteiger partial charge in [0, 0.05) is 47.1 Å². The van der Waals surface area contributed by atoms with Crippen LogP contribution in [0.5, 0.6) is 11.6 Å². The van der Waals surface area contributed by atoms with Crippen LogP contribution in [-0.2, 0) is 0 Å². The third-order valence-corrected chi connectivity index (χ3v) is 5.11. The summed E-state index contributed by atoms with van der Waals surface area (Å²) in [4.78, 5) is 22.0. The zero-order chi connectivity index (χ0) is 24.0. The lowest BCUT2D eigenvalue weighted by atomic mass is 10.1. The molecule has 174 valence electrons. The monoisotopic (exact) mass is 450 g/mol. The molecule has 3 aromatic rings. The number of carbonyl (C=O) groups is 1. The number of carbonyl (C=O) groups excluding carboxylic acids is 1. The van der Waals surface area contributed by atoms with Gasteiger partial charge in [-0.05, 0) is 51.1 Å². The van der Waals surface area contributed by atoms with Gasteiger partial charge in [-0.3, -0.25) is 10.6 Å². The van der Waals surface area contributed by atoms with Gasteiger partial charge in [0.15, 0.2) is 0 Å². The molecule has 3 rings (SSSR count). The number of amides is 1. The van der Waals surface area contributed by atoms with Crippen LogP contribution < -0.4 is 31.8 Å². The van der Waals surface area contributed by atoms with E-state index in [2.05, 4.69) is 15.7 Å². The second-order valence-corrected chi connectivity index (χ2v) is 7.49. The second kappa shape index (κ2) is 10.6. The lowest BCUT2D eigenvalue weighted by Gasteiger charge is -2.13. The number of aryl methyl sites for hydroxylation is 1. The molecule has 9 heteroatoms. The Hall–Kier alpha value is -3.85. The van der Waals surface area contributed by atoms with Gasteiger partial charge in [0.25, 0.3) is 5.91 Å². The number of hydrazine groups is 1. The first-order valence-electron chi connectivity index (χ1n) is 10.7. The summed E-state index contributed by atoms with van der Waals surface area (Å²) in [7, 11) is 1.57. The summed E-state index contributed by atoms with van der Waals surface area (Å²) in [6, 6.07) is 11.0. The Balaban J connectivity index is 1.96. The molecule has 6 N–H and O–H groups in total. The van der Waals surface area contributed by atoms with Crippen molar-refractivity contribution in [3.05, 3.63) is 59.0 Å². The highest BCUT2D eigenvalue weighted by Crippen LogP contribution is 2.34. The number of nitrogens with two attached hydrogens (primary N) is 2. The molecule has 0 unspecified atom stereocenters. The van der Waals surface area contributed by atoms with Crippen molar-refractivity contribution in [2.45, 2.75) is 27.2 Å². The highest BCUT2D eigenvalue weighted by Gasteiger charge is 2.15. The second-order valence-electron chi connectivity index (χ2n) is 7.49. The standard InChI is InChI=1S/C24H30N6O3/c1-5-33-22-13-21(18-8-6-14(2)28-24(18)32-4)29-20-12-16(7-9-17(20)22)23(31)27-11-10-19(30-26)15(3)25/h6-9,12-13,30H,5,10-11,25-26H2,1-4H3,(H,27,31)/b19-15-. The van der Waals surface area contributed by atoms with Crippen molar-refractivity contribution in [3.63, 3.8) is 0 Å². The average Bonchev–Trinajstić information content (AvgIpc) is 2.81. The van der Waals surface area contributed by atoms with Gasteiger partial charge in [-0.2, -0.15) is 0 Å². The highest BCUT2D eigenvalue weighted by atomic mass is 16.5. The van der Waals surface area contributed by atoms with E-state index in [0.29, 0.717) is 59.4 Å². The van der Waals surface area contributed by atoms with Crippen molar-refractivity contribution in [3.8, 4) is 22.9 Å². The van der Waals surface area contributed by atoms with E-state index < -0.39 is 0 Å². The molecule has 0 bridgehead atoms. The molecular formula is C24H30N6O3. The fourth-order valence-electron chi connectivity index (χ4n) is 3.42. The molecular weight excluding hydrogens is 420 g/mol. The first-order chi connectivity index (χ1) is 15.9. The number of ether oxygens (including phenoxy) is 2. The smallest absolute Gasteiger partial charge is 0.251 e. The average molecular weight is 451 g/mol. The Morgan fingerprint density at radius 2 is 1.94 bits per heavy atom. The minimum Gasteiger partial charge on any atom is -0.493 e. The summed E-state index contributed by atoms with van der Waals surface area (Å²) >= 11 is 0. The van der Waals surface area contributed by atoms with E-state index in [9.17, 15) is 4.79 Å². The van der Waals surface area contributed by atoms with Gasteiger partial charge < -0.3 is 25.9 Å². The number of nitrogens with zero attached hydrogens (tertiary/aromatic N) is 2. The maximum atomic E-state index is 12.7. The minimum absolute atomic E-state index is 0.220. The highest BCUT2D eigenvalue weighted by molar-refractivity contribution is 5.99. The van der Waals surface area contributed by atoms with Gasteiger partial charge in [0.1, 0.15) is 5.75 Å². The summed E-state index contributed by atoms with van der Waals surface area (Å²) in [5, 5.41) is 3.69. The molecule has 33 heavy (non-hydrogen) atoms. The fraction of sp³-hybridized carbons (Fsp3) is 0.292. The summed E-state index contributed by atoms with van der Waals surface area (Å²) in [5.41, 5.74) is 12.9. The Kier molecular flexibility index (Phi) is 7.68. The van der Waals surface area contributed by atoms with E-state index in [0.717, 1.165) is 16.6 Å². The van der Waals surface area contributed by atoms with Crippen LogP contribution in [0.25, 0.3) is 22.2 Å². The molecule has 0 spiro atoms. The van der Waals surface area contributed by atoms with E-state index >= 15 is 0 Å². The molecule has 0 aliphatic carbocycles. The van der Waals surface area contributed by atoms with Crippen LogP contribution in [0.4, 0.5) is 0 Å². The zero-order valence-electron chi connectivity index (χ0n) is 19.4. The molecule has 0 saturated heterocycles. The van der Waals surface area contributed by atoms with Crippen molar-refractivity contribution in [1.82, 2.24) is 20.7 Å². The van der Waals surface area contributed by atoms with E-state index in [-0.39, 0.29) is 5.91 Å². The van der Waals surface area contributed by atoms with E-state index in [4.69, 9.17) is 26.0 Å². The number of methoxy groups -OCH3 is 1. The first kappa shape index (κ1) is 23.8. The molecule has 9 nitrogen and oxygen atoms in total. The van der Waals surface area contributed by atoms with Gasteiger partial charge in [-0.25, -0.2) is 9.97 Å². The molecule has 2 heterocycles. The van der Waals surface area contributed by atoms with Gasteiger partial charge in [-0.1, -0.05) is 0 Å². The van der Waals surface area contributed by atoms with Crippen LogP contribution >= 0.6 is 0 Å². The quantitative estimate of drug-likeness (QED) is 0.288. The Labute approximate surface area is 193 Å². The predicted molar refractivity (Wildman–Crippen MR) is 129 cm³/mol. The molecule has 0 atom stereocenters. The molecule has 1 aromatic carbocycles. The van der Waals surface area contributed by atoms with Gasteiger partial charge in [0.05, 0.1) is 30.5 Å². The van der Waals surface area contributed by atoms with Gasteiger partial charge in [0.2, 0.25) is 5.88 Å². The lowest BCUT2D eigenvalue weighted by Crippen LogP contribution is -2.30. The van der Waals surface area contributed by atoms with Crippen LogP contribution in [-0.4, -0.2) is 36.1 Å². The van der Waals surface area contributed by atoms with E-state index in [1.807, 2.05) is 38.1 Å². The van der Waals surface area contributed by atoms with E-state index in [1.165, 1.54) is 0 Å². The largest absolute Gasteiger partial charge is 0.493 e. The van der Waals surface area contributed by atoms with Crippen molar-refractivity contribution >= 4 is 16.8 Å². The maximum absolute atomic E-state index is 12.7. The number of rotatable bonds is 9. The summed E-state index contributed by atoms with van der Waals surface area (Å²) in [5.74, 6) is 6.39. The third-order valence-electron chi connectivity index (χ3n) is 5.11. The molecule has 0 aliphatic heterocycles. The number of fused-ring (bicyclic) bond motifs is 1. The number of benzene rings is 1. The Morgan fingerprint density at radius 1 is 1.15 bits per heavy atom. The minimum atomic E-state index is -0.220. The van der Waals surface area contributed by atoms with Crippen molar-refractivity contribution in [2.75, 3.05) is 20.3 Å². The van der Waals surface area contributed by atoms with Crippen molar-refractivity contribution < 1.29 is 14.3 Å². The van der Waals surface area contributed by atoms with Crippen LogP contribution in [0.15, 0.2) is 47.8 Å². The Morgan fingerprint density at radius 3 is 2.61 bits per heavy atom. The van der Waals surface area contributed by atoms with E-state index in [1.54, 1.807) is 26.2 Å². The van der Waals surface area contributed by atoms with Crippen LogP contribution in [0.3, 0.4) is 0 Å². The topological polar surface area (TPSA) is 137 Å². The SMILES string of the molecule is CCOc1cc(-c2ccc(C)nc2OC)nc2cc(C(=O)NCC/C(NN)=C(\C)N)ccc12. The molecule has 0 radical (unpaired) electrons. The molecule has 2 aromatic heterocycles. The van der Waals surface area contributed by atoms with Crippen LogP contribution in [0.2, 0.25) is 0 Å². The molecule has 0 aliphatic rings. The van der Waals surface area contributed by atoms with Crippen molar-refractivity contribution in [1.29, 1.82) is 0 Å². The summed E-state index contributed by atoms with van der Waals surface area (Å²) in [6.07, 6.45) is 0.495. The fourth-order valence-corrected chi connectivity index (χ4v) is 3.42. The molecule has 0 saturated carbocycles. The van der Waals surface area contributed by atoms with Crippen LogP contribution in [0, 0.1) is 6.92 Å². The normalized spacial score (nSPS) is 11.7. The number of pyridine rings is 2. The van der Waals surface area contributed by atoms with Gasteiger partial charge >= 0.3 is 0 Å². The van der Waals surface area contributed by atoms with Gasteiger partial charge in [-0.15, -0.1) is 0 Å². The number of nitrogens with one attached hydrogen (secondary N) is 2. The predicted octanol–water partition coefficient (Wildman–Crippen LogP) is 2.79. The molecule has 0 fully saturated rings. The lowest BCUT2D eigenvalue weighted by molar-refractivity contribution is 0.0954. The number of hydrogen-bond donors (Lipinski definition) is 4.